The first-order valence-electron chi connectivity index (χ1n) is 8.58. The Balaban J connectivity index is 2.06. The number of nitrogens with one attached hydrogen (secondary N) is 2. The van der Waals surface area contributed by atoms with Crippen LogP contribution in [0.1, 0.15) is 65.2 Å². The molecule has 1 aliphatic rings. The second-order valence-electron chi connectivity index (χ2n) is 7.16. The van der Waals surface area contributed by atoms with Crippen LogP contribution in [0.3, 0.4) is 0 Å². The molecule has 0 spiro atoms. The van der Waals surface area contributed by atoms with Gasteiger partial charge >= 0.3 is 5.97 Å². The molecular formula is C18H29N3O3. The molecule has 0 unspecified atom stereocenters. The number of hydrogen-bond donors (Lipinski definition) is 2. The molecule has 1 amide bonds. The maximum atomic E-state index is 12.6. The van der Waals surface area contributed by atoms with Crippen LogP contribution < -0.4 is 5.32 Å². The molecule has 6 nitrogen and oxygen atoms in total. The highest BCUT2D eigenvalue weighted by Gasteiger charge is 2.29. The number of aryl methyl sites for hydroxylation is 1. The number of carbonyl (C=O) groups is 2. The number of likely N-dealkylation sites (tertiary alicyclic amines) is 1. The fraction of sp³-hybridized carbons (Fsp3) is 0.667. The zero-order valence-electron chi connectivity index (χ0n) is 15.4. The minimum atomic E-state index is -0.422. The summed E-state index contributed by atoms with van der Waals surface area (Å²) in [5, 5.41) is 3.01. The van der Waals surface area contributed by atoms with E-state index in [2.05, 4.69) is 29.0 Å². The molecule has 2 rings (SSSR count). The standard InChI is InChI=1S/C18H29N3O3/c1-12-14(17(23)24-5)13(2)20-15(12)16(22)19-11-18(3,4)21-9-7-6-8-10-21/h20H,6-11H2,1-5H3,(H,19,22). The SMILES string of the molecule is COC(=O)c1c(C)[nH]c(C(=O)NCC(C)(C)N2CCCCC2)c1C. The third-order valence-electron chi connectivity index (χ3n) is 4.95. The van der Waals surface area contributed by atoms with E-state index in [9.17, 15) is 9.59 Å². The van der Waals surface area contributed by atoms with Crippen molar-refractivity contribution in [2.24, 2.45) is 0 Å². The van der Waals surface area contributed by atoms with Crippen molar-refractivity contribution in [1.29, 1.82) is 0 Å². The third-order valence-corrected chi connectivity index (χ3v) is 4.95. The molecular weight excluding hydrogens is 306 g/mol. The van der Waals surface area contributed by atoms with E-state index < -0.39 is 5.97 Å². The van der Waals surface area contributed by atoms with Crippen LogP contribution in [0.15, 0.2) is 0 Å². The van der Waals surface area contributed by atoms with Crippen LogP contribution >= 0.6 is 0 Å². The largest absolute Gasteiger partial charge is 0.465 e. The second-order valence-corrected chi connectivity index (χ2v) is 7.16. The van der Waals surface area contributed by atoms with Gasteiger partial charge in [0.25, 0.3) is 5.91 Å². The number of piperidine rings is 1. The Bertz CT molecular complexity index is 613. The van der Waals surface area contributed by atoms with E-state index in [1.807, 2.05) is 0 Å². The Kier molecular flexibility index (Phi) is 5.70. The van der Waals surface area contributed by atoms with Gasteiger partial charge in [0.15, 0.2) is 0 Å². The fourth-order valence-electron chi connectivity index (χ4n) is 3.38. The molecule has 1 aliphatic heterocycles. The van der Waals surface area contributed by atoms with Gasteiger partial charge in [-0.2, -0.15) is 0 Å². The molecule has 24 heavy (non-hydrogen) atoms. The zero-order valence-corrected chi connectivity index (χ0v) is 15.4. The van der Waals surface area contributed by atoms with E-state index in [-0.39, 0.29) is 11.4 Å². The number of aromatic nitrogens is 1. The van der Waals surface area contributed by atoms with E-state index in [1.54, 1.807) is 13.8 Å². The molecule has 134 valence electrons. The van der Waals surface area contributed by atoms with Crippen molar-refractivity contribution in [3.8, 4) is 0 Å². The number of hydrogen-bond acceptors (Lipinski definition) is 4. The van der Waals surface area contributed by atoms with Gasteiger partial charge in [0.1, 0.15) is 5.69 Å². The smallest absolute Gasteiger partial charge is 0.339 e. The number of aromatic amines is 1. The molecule has 0 aliphatic carbocycles. The Morgan fingerprint density at radius 2 is 1.83 bits per heavy atom. The number of ether oxygens (including phenoxy) is 1. The van der Waals surface area contributed by atoms with Gasteiger partial charge in [-0.3, -0.25) is 9.69 Å². The van der Waals surface area contributed by atoms with Crippen LogP contribution in [0, 0.1) is 13.8 Å². The lowest BCUT2D eigenvalue weighted by atomic mass is 9.98. The van der Waals surface area contributed by atoms with Crippen molar-refractivity contribution in [3.63, 3.8) is 0 Å². The van der Waals surface area contributed by atoms with E-state index >= 15 is 0 Å². The lowest BCUT2D eigenvalue weighted by Gasteiger charge is -2.41. The summed E-state index contributed by atoms with van der Waals surface area (Å²) < 4.78 is 4.79. The van der Waals surface area contributed by atoms with Crippen LogP contribution in [0.25, 0.3) is 0 Å². The second kappa shape index (κ2) is 7.38. The first-order chi connectivity index (χ1) is 11.3. The molecule has 0 atom stereocenters. The molecule has 6 heteroatoms. The van der Waals surface area contributed by atoms with Crippen molar-refractivity contribution < 1.29 is 14.3 Å². The highest BCUT2D eigenvalue weighted by molar-refractivity contribution is 6.00. The van der Waals surface area contributed by atoms with Crippen LogP contribution in [0.2, 0.25) is 0 Å². The summed E-state index contributed by atoms with van der Waals surface area (Å²) in [6.07, 6.45) is 3.72. The highest BCUT2D eigenvalue weighted by Crippen LogP contribution is 2.21. The Morgan fingerprint density at radius 3 is 2.42 bits per heavy atom. The number of carbonyl (C=O) groups excluding carboxylic acids is 2. The molecule has 1 aromatic rings. The van der Waals surface area contributed by atoms with Gasteiger partial charge in [0.2, 0.25) is 0 Å². The molecule has 2 heterocycles. The number of rotatable bonds is 5. The monoisotopic (exact) mass is 335 g/mol. The normalized spacial score (nSPS) is 16.0. The van der Waals surface area contributed by atoms with Crippen molar-refractivity contribution in [1.82, 2.24) is 15.2 Å². The number of nitrogens with zero attached hydrogens (tertiary/aromatic N) is 1. The molecule has 1 fully saturated rings. The summed E-state index contributed by atoms with van der Waals surface area (Å²) in [7, 11) is 1.34. The third kappa shape index (κ3) is 3.80. The molecule has 1 aromatic heterocycles. The van der Waals surface area contributed by atoms with Crippen LogP contribution in [0.5, 0.6) is 0 Å². The summed E-state index contributed by atoms with van der Waals surface area (Å²) in [5.41, 5.74) is 2.07. The lowest BCUT2D eigenvalue weighted by Crippen LogP contribution is -2.53. The van der Waals surface area contributed by atoms with Crippen molar-refractivity contribution in [3.05, 3.63) is 22.5 Å². The van der Waals surface area contributed by atoms with Gasteiger partial charge in [-0.05, 0) is 59.2 Å². The molecule has 2 N–H and O–H groups in total. The minimum Gasteiger partial charge on any atom is -0.465 e. The maximum Gasteiger partial charge on any atom is 0.339 e. The summed E-state index contributed by atoms with van der Waals surface area (Å²) in [4.78, 5) is 29.8. The first-order valence-corrected chi connectivity index (χ1v) is 8.58. The summed E-state index contributed by atoms with van der Waals surface area (Å²) in [6, 6.07) is 0. The average Bonchev–Trinajstić information content (AvgIpc) is 2.87. The van der Waals surface area contributed by atoms with Crippen molar-refractivity contribution in [2.45, 2.75) is 52.5 Å². The summed E-state index contributed by atoms with van der Waals surface area (Å²) in [6.45, 7) is 10.6. The van der Waals surface area contributed by atoms with E-state index in [0.29, 0.717) is 29.1 Å². The van der Waals surface area contributed by atoms with Gasteiger partial charge in [-0.25, -0.2) is 4.79 Å². The van der Waals surface area contributed by atoms with Gasteiger partial charge in [-0.1, -0.05) is 6.42 Å². The van der Waals surface area contributed by atoms with E-state index in [4.69, 9.17) is 4.74 Å². The Morgan fingerprint density at radius 1 is 1.21 bits per heavy atom. The van der Waals surface area contributed by atoms with Crippen molar-refractivity contribution in [2.75, 3.05) is 26.7 Å². The number of esters is 1. The Labute approximate surface area is 143 Å². The van der Waals surface area contributed by atoms with Gasteiger partial charge in [0.05, 0.1) is 12.7 Å². The predicted molar refractivity (Wildman–Crippen MR) is 93.4 cm³/mol. The van der Waals surface area contributed by atoms with Crippen molar-refractivity contribution >= 4 is 11.9 Å². The number of amides is 1. The lowest BCUT2D eigenvalue weighted by molar-refractivity contribution is 0.0599. The fourth-order valence-corrected chi connectivity index (χ4v) is 3.38. The molecule has 0 saturated carbocycles. The molecule has 0 radical (unpaired) electrons. The highest BCUT2D eigenvalue weighted by atomic mass is 16.5. The van der Waals surface area contributed by atoms with Gasteiger partial charge in [-0.15, -0.1) is 0 Å². The average molecular weight is 335 g/mol. The van der Waals surface area contributed by atoms with E-state index in [0.717, 1.165) is 13.1 Å². The van der Waals surface area contributed by atoms with Crippen LogP contribution in [-0.2, 0) is 4.74 Å². The summed E-state index contributed by atoms with van der Waals surface area (Å²) in [5.74, 6) is -0.607. The van der Waals surface area contributed by atoms with Crippen LogP contribution in [-0.4, -0.2) is 54.0 Å². The first kappa shape index (κ1) is 18.5. The molecule has 0 bridgehead atoms. The molecule has 1 saturated heterocycles. The van der Waals surface area contributed by atoms with Gasteiger partial charge < -0.3 is 15.0 Å². The predicted octanol–water partition coefficient (Wildman–Crippen LogP) is 2.41. The molecule has 0 aromatic carbocycles. The summed E-state index contributed by atoms with van der Waals surface area (Å²) >= 11 is 0. The number of H-pyrrole nitrogens is 1. The number of methoxy groups -OCH3 is 1. The minimum absolute atomic E-state index is 0.0865. The van der Waals surface area contributed by atoms with Gasteiger partial charge in [0, 0.05) is 17.8 Å². The quantitative estimate of drug-likeness (QED) is 0.811. The van der Waals surface area contributed by atoms with Crippen LogP contribution in [0.4, 0.5) is 0 Å². The topological polar surface area (TPSA) is 74.4 Å². The zero-order chi connectivity index (χ0) is 17.9. The maximum absolute atomic E-state index is 12.6. The Hall–Kier alpha value is -1.82. The van der Waals surface area contributed by atoms with E-state index in [1.165, 1.54) is 26.4 Å².